The fourth-order valence-electron chi connectivity index (χ4n) is 6.46. The standard InChI is InChI=1S/C19H18O2.C13H5N3O7/c1-19-9-3-4-16(19)15-7-5-12-10-13(21-2)6-8-14(12)18(15)17(20)11-19;17-13-9-3-6(14(18)19)1-2-8(9)12-10(13)4-7(15(20)21)5-11(12)16(22)23/h4-8,10H,3,9,11H2,1-2H3;1-5H. The van der Waals surface area contributed by atoms with Crippen molar-refractivity contribution in [2.24, 2.45) is 5.41 Å². The molecule has 220 valence electrons. The highest BCUT2D eigenvalue weighted by molar-refractivity contribution is 6.23. The molecule has 44 heavy (non-hydrogen) atoms. The van der Waals surface area contributed by atoms with Crippen LogP contribution in [-0.4, -0.2) is 33.4 Å². The Morgan fingerprint density at radius 2 is 1.45 bits per heavy atom. The van der Waals surface area contributed by atoms with E-state index in [1.165, 1.54) is 11.6 Å². The van der Waals surface area contributed by atoms with Gasteiger partial charge in [-0.3, -0.25) is 39.9 Å². The molecule has 0 aromatic heterocycles. The van der Waals surface area contributed by atoms with Crippen LogP contribution in [0.1, 0.15) is 58.0 Å². The van der Waals surface area contributed by atoms with Gasteiger partial charge in [0.15, 0.2) is 11.6 Å². The Morgan fingerprint density at radius 3 is 2.14 bits per heavy atom. The molecule has 12 nitrogen and oxygen atoms in total. The Labute approximate surface area is 249 Å². The second-order valence-electron chi connectivity index (χ2n) is 11.1. The molecule has 0 radical (unpaired) electrons. The van der Waals surface area contributed by atoms with Crippen LogP contribution in [0.2, 0.25) is 0 Å². The minimum absolute atomic E-state index is 0.0459. The van der Waals surface area contributed by atoms with Crippen molar-refractivity contribution in [3.63, 3.8) is 0 Å². The van der Waals surface area contributed by atoms with Crippen LogP contribution in [0.5, 0.6) is 5.75 Å². The van der Waals surface area contributed by atoms with Crippen molar-refractivity contribution < 1.29 is 29.1 Å². The molecule has 12 heteroatoms. The molecule has 7 rings (SSSR count). The van der Waals surface area contributed by atoms with Gasteiger partial charge in [0.05, 0.1) is 33.5 Å². The highest BCUT2D eigenvalue weighted by Crippen LogP contribution is 2.53. The van der Waals surface area contributed by atoms with Crippen LogP contribution in [0.25, 0.3) is 27.5 Å². The first-order chi connectivity index (χ1) is 20.9. The number of Topliss-reactive ketones (excluding diaryl/α,β-unsaturated/α-hetero) is 1. The van der Waals surface area contributed by atoms with E-state index in [9.17, 15) is 39.9 Å². The number of nitro groups is 3. The van der Waals surface area contributed by atoms with Crippen molar-refractivity contribution in [1.29, 1.82) is 0 Å². The summed E-state index contributed by atoms with van der Waals surface area (Å²) in [5, 5.41) is 35.0. The number of nitro benzene ring substituents is 3. The van der Waals surface area contributed by atoms with Gasteiger partial charge >= 0.3 is 0 Å². The Hall–Kier alpha value is -5.78. The first-order valence-corrected chi connectivity index (χ1v) is 13.6. The Kier molecular flexibility index (Phi) is 6.56. The second kappa shape index (κ2) is 10.2. The number of ether oxygens (including phenoxy) is 1. The molecule has 4 aromatic rings. The fourth-order valence-corrected chi connectivity index (χ4v) is 6.46. The van der Waals surface area contributed by atoms with Gasteiger partial charge in [-0.2, -0.15) is 0 Å². The number of ketones is 2. The number of benzene rings is 4. The predicted molar refractivity (Wildman–Crippen MR) is 160 cm³/mol. The Balaban J connectivity index is 0.000000156. The molecule has 1 atom stereocenters. The highest BCUT2D eigenvalue weighted by Gasteiger charge is 2.41. The van der Waals surface area contributed by atoms with Crippen molar-refractivity contribution in [2.75, 3.05) is 7.11 Å². The normalized spacial score (nSPS) is 17.5. The quantitative estimate of drug-likeness (QED) is 0.154. The maximum absolute atomic E-state index is 12.7. The maximum atomic E-state index is 12.7. The summed E-state index contributed by atoms with van der Waals surface area (Å²) in [4.78, 5) is 55.6. The molecule has 1 unspecified atom stereocenters. The Morgan fingerprint density at radius 1 is 0.750 bits per heavy atom. The van der Waals surface area contributed by atoms with Gasteiger partial charge in [-0.1, -0.05) is 25.1 Å². The molecule has 0 spiro atoms. The zero-order valence-corrected chi connectivity index (χ0v) is 23.5. The van der Waals surface area contributed by atoms with Gasteiger partial charge in [-0.25, -0.2) is 0 Å². The lowest BCUT2D eigenvalue weighted by molar-refractivity contribution is -0.393. The SMILES string of the molecule is COc1ccc2c3c(ccc2c1)C1=CCCC1(C)CC3=O.O=C1c2cc([N+](=O)[O-])ccc2-c2c1cc([N+](=O)[O-])cc2[N+](=O)[O-]. The van der Waals surface area contributed by atoms with Crippen molar-refractivity contribution in [2.45, 2.75) is 26.2 Å². The molecule has 0 N–H and O–H groups in total. The molecule has 0 saturated heterocycles. The van der Waals surface area contributed by atoms with Crippen molar-refractivity contribution >= 4 is 45.0 Å². The zero-order valence-electron chi connectivity index (χ0n) is 23.5. The summed E-state index contributed by atoms with van der Waals surface area (Å²) in [5.41, 5.74) is 1.74. The third-order valence-electron chi connectivity index (χ3n) is 8.52. The van der Waals surface area contributed by atoms with E-state index in [0.29, 0.717) is 6.42 Å². The summed E-state index contributed by atoms with van der Waals surface area (Å²) in [5.74, 6) is 0.392. The van der Waals surface area contributed by atoms with E-state index in [0.717, 1.165) is 64.8 Å². The van der Waals surface area contributed by atoms with Crippen molar-refractivity contribution in [3.05, 3.63) is 119 Å². The monoisotopic (exact) mass is 593 g/mol. The summed E-state index contributed by atoms with van der Waals surface area (Å²) in [7, 11) is 1.67. The van der Waals surface area contributed by atoms with Crippen molar-refractivity contribution in [3.8, 4) is 16.9 Å². The molecule has 0 heterocycles. The van der Waals surface area contributed by atoms with Crippen LogP contribution in [0.3, 0.4) is 0 Å². The smallest absolute Gasteiger partial charge is 0.284 e. The molecule has 0 bridgehead atoms. The first kappa shape index (κ1) is 28.3. The average Bonchev–Trinajstić information content (AvgIpc) is 3.52. The number of allylic oxidation sites excluding steroid dienone is 2. The van der Waals surface area contributed by atoms with Gasteiger partial charge in [-0.05, 0) is 59.0 Å². The van der Waals surface area contributed by atoms with Gasteiger partial charge in [0.2, 0.25) is 0 Å². The van der Waals surface area contributed by atoms with Crippen LogP contribution in [0.15, 0.2) is 66.7 Å². The zero-order chi connectivity index (χ0) is 31.5. The van der Waals surface area contributed by atoms with E-state index in [1.54, 1.807) is 7.11 Å². The first-order valence-electron chi connectivity index (χ1n) is 13.6. The average molecular weight is 594 g/mol. The maximum Gasteiger partial charge on any atom is 0.284 e. The third-order valence-corrected chi connectivity index (χ3v) is 8.52. The molecular weight excluding hydrogens is 570 g/mol. The molecule has 0 fully saturated rings. The second-order valence-corrected chi connectivity index (χ2v) is 11.1. The van der Waals surface area contributed by atoms with E-state index in [1.807, 2.05) is 18.2 Å². The number of fused-ring (bicyclic) bond motifs is 8. The summed E-state index contributed by atoms with van der Waals surface area (Å²) < 4.78 is 5.28. The van der Waals surface area contributed by atoms with Crippen LogP contribution in [0, 0.1) is 35.8 Å². The van der Waals surface area contributed by atoms with Gasteiger partial charge in [0.25, 0.3) is 17.1 Å². The predicted octanol–water partition coefficient (Wildman–Crippen LogP) is 7.24. The molecule has 4 aromatic carbocycles. The Bertz CT molecular complexity index is 2030. The number of carbonyl (C=O) groups excluding carboxylic acids is 2. The molecule has 0 aliphatic heterocycles. The third kappa shape index (κ3) is 4.39. The number of hydrogen-bond donors (Lipinski definition) is 0. The van der Waals surface area contributed by atoms with Gasteiger partial charge < -0.3 is 4.74 Å². The van der Waals surface area contributed by atoms with Crippen molar-refractivity contribution in [1.82, 2.24) is 0 Å². The highest BCUT2D eigenvalue weighted by atomic mass is 16.6. The van der Waals surface area contributed by atoms with Gasteiger partial charge in [-0.15, -0.1) is 0 Å². The van der Waals surface area contributed by atoms with Crippen LogP contribution in [0.4, 0.5) is 17.1 Å². The number of nitrogens with zero attached hydrogens (tertiary/aromatic N) is 3. The van der Waals surface area contributed by atoms with Crippen LogP contribution >= 0.6 is 0 Å². The molecule has 3 aliphatic rings. The van der Waals surface area contributed by atoms with E-state index in [2.05, 4.69) is 25.1 Å². The number of hydrogen-bond acceptors (Lipinski definition) is 9. The lowest BCUT2D eigenvalue weighted by atomic mass is 9.69. The summed E-state index contributed by atoms with van der Waals surface area (Å²) >= 11 is 0. The van der Waals surface area contributed by atoms with Gasteiger partial charge in [0, 0.05) is 52.3 Å². The fraction of sp³-hybridized carbons (Fsp3) is 0.188. The summed E-state index contributed by atoms with van der Waals surface area (Å²) in [6.45, 7) is 2.23. The molecule has 3 aliphatic carbocycles. The van der Waals surface area contributed by atoms with Crippen LogP contribution in [-0.2, 0) is 0 Å². The lowest BCUT2D eigenvalue weighted by Gasteiger charge is -2.34. The lowest BCUT2D eigenvalue weighted by Crippen LogP contribution is -2.26. The molecular formula is C32H23N3O9. The van der Waals surface area contributed by atoms with Crippen LogP contribution < -0.4 is 4.74 Å². The summed E-state index contributed by atoms with van der Waals surface area (Å²) in [6.07, 6.45) is 5.13. The topological polar surface area (TPSA) is 173 Å². The summed E-state index contributed by atoms with van der Waals surface area (Å²) in [6, 6.07) is 15.2. The minimum atomic E-state index is -0.841. The number of rotatable bonds is 4. The molecule has 0 amide bonds. The van der Waals surface area contributed by atoms with E-state index < -0.39 is 31.9 Å². The molecule has 0 saturated carbocycles. The van der Waals surface area contributed by atoms with E-state index in [-0.39, 0.29) is 39.1 Å². The minimum Gasteiger partial charge on any atom is -0.497 e. The van der Waals surface area contributed by atoms with Gasteiger partial charge in [0.1, 0.15) is 5.75 Å². The number of carbonyl (C=O) groups is 2. The number of methoxy groups -OCH3 is 1. The van der Waals surface area contributed by atoms with E-state index >= 15 is 0 Å². The largest absolute Gasteiger partial charge is 0.497 e. The number of non-ortho nitro benzene ring substituents is 2. The van der Waals surface area contributed by atoms with E-state index in [4.69, 9.17) is 4.74 Å².